The number of fused-ring (bicyclic) bond motifs is 1. The standard InChI is InChI=1S/C17H23N3OS/c1-6-15-17(18-7-1)20(11-14-5-2-8-21-14)16(19-15)10-13-4-3-9-22-12-13/h1,6-7,13-14H,2-5,8-12H2. The van der Waals surface area contributed by atoms with Crippen LogP contribution in [0.25, 0.3) is 11.2 Å². The third-order valence-electron chi connectivity index (χ3n) is 4.72. The lowest BCUT2D eigenvalue weighted by Crippen LogP contribution is -2.20. The molecule has 4 heterocycles. The Kier molecular flexibility index (Phi) is 4.35. The highest BCUT2D eigenvalue weighted by Crippen LogP contribution is 2.27. The molecule has 0 N–H and O–H groups in total. The Morgan fingerprint density at radius 1 is 1.32 bits per heavy atom. The summed E-state index contributed by atoms with van der Waals surface area (Å²) in [5.74, 6) is 4.57. The molecule has 2 unspecified atom stereocenters. The summed E-state index contributed by atoms with van der Waals surface area (Å²) < 4.78 is 8.16. The second-order valence-corrected chi connectivity index (χ2v) is 7.56. The molecule has 2 aliphatic rings. The van der Waals surface area contributed by atoms with E-state index < -0.39 is 0 Å². The van der Waals surface area contributed by atoms with Gasteiger partial charge in [-0.15, -0.1) is 0 Å². The van der Waals surface area contributed by atoms with Crippen LogP contribution in [-0.4, -0.2) is 38.8 Å². The Morgan fingerprint density at radius 2 is 2.32 bits per heavy atom. The average Bonchev–Trinajstić information content (AvgIpc) is 3.18. The van der Waals surface area contributed by atoms with E-state index in [2.05, 4.69) is 27.4 Å². The number of hydrogen-bond acceptors (Lipinski definition) is 4. The van der Waals surface area contributed by atoms with Gasteiger partial charge in [-0.2, -0.15) is 11.8 Å². The molecule has 2 fully saturated rings. The average molecular weight is 317 g/mol. The maximum Gasteiger partial charge on any atom is 0.160 e. The van der Waals surface area contributed by atoms with E-state index in [4.69, 9.17) is 9.72 Å². The van der Waals surface area contributed by atoms with Gasteiger partial charge in [0.25, 0.3) is 0 Å². The van der Waals surface area contributed by atoms with Crippen molar-refractivity contribution in [3.8, 4) is 0 Å². The van der Waals surface area contributed by atoms with Crippen LogP contribution in [0.15, 0.2) is 18.3 Å². The minimum Gasteiger partial charge on any atom is -0.376 e. The molecular formula is C17H23N3OS. The van der Waals surface area contributed by atoms with E-state index in [1.165, 1.54) is 36.6 Å². The zero-order valence-electron chi connectivity index (χ0n) is 12.9. The topological polar surface area (TPSA) is 39.9 Å². The van der Waals surface area contributed by atoms with Crippen LogP contribution < -0.4 is 0 Å². The molecule has 0 aromatic carbocycles. The summed E-state index contributed by atoms with van der Waals surface area (Å²) in [5.41, 5.74) is 2.05. The molecule has 2 aromatic heterocycles. The highest BCUT2D eigenvalue weighted by molar-refractivity contribution is 7.99. The molecule has 5 heteroatoms. The van der Waals surface area contributed by atoms with Crippen molar-refractivity contribution in [1.29, 1.82) is 0 Å². The zero-order chi connectivity index (χ0) is 14.8. The summed E-state index contributed by atoms with van der Waals surface area (Å²) in [6.45, 7) is 1.81. The number of hydrogen-bond donors (Lipinski definition) is 0. The molecule has 0 radical (unpaired) electrons. The van der Waals surface area contributed by atoms with Crippen molar-refractivity contribution in [1.82, 2.24) is 14.5 Å². The molecule has 0 saturated carbocycles. The lowest BCUT2D eigenvalue weighted by atomic mass is 10.0. The van der Waals surface area contributed by atoms with Gasteiger partial charge in [-0.3, -0.25) is 0 Å². The summed E-state index contributed by atoms with van der Waals surface area (Å²) in [4.78, 5) is 9.46. The molecule has 22 heavy (non-hydrogen) atoms. The lowest BCUT2D eigenvalue weighted by Gasteiger charge is -2.21. The Labute approximate surface area is 135 Å². The van der Waals surface area contributed by atoms with Crippen molar-refractivity contribution in [2.24, 2.45) is 5.92 Å². The third kappa shape index (κ3) is 3.01. The summed E-state index contributed by atoms with van der Waals surface area (Å²) in [7, 11) is 0. The smallest absolute Gasteiger partial charge is 0.160 e. The largest absolute Gasteiger partial charge is 0.376 e. The Bertz CT molecular complexity index is 630. The number of nitrogens with zero attached hydrogens (tertiary/aromatic N) is 3. The van der Waals surface area contributed by atoms with E-state index in [-0.39, 0.29) is 0 Å². The Balaban J connectivity index is 1.62. The fraction of sp³-hybridized carbons (Fsp3) is 0.647. The van der Waals surface area contributed by atoms with E-state index in [0.717, 1.165) is 43.1 Å². The van der Waals surface area contributed by atoms with Gasteiger partial charge < -0.3 is 9.30 Å². The fourth-order valence-electron chi connectivity index (χ4n) is 3.57. The molecule has 0 aliphatic carbocycles. The monoisotopic (exact) mass is 317 g/mol. The Morgan fingerprint density at radius 3 is 3.14 bits per heavy atom. The van der Waals surface area contributed by atoms with Gasteiger partial charge in [0.15, 0.2) is 5.65 Å². The highest BCUT2D eigenvalue weighted by Gasteiger charge is 2.23. The van der Waals surface area contributed by atoms with Crippen molar-refractivity contribution < 1.29 is 4.74 Å². The maximum absolute atomic E-state index is 5.84. The normalized spacial score (nSPS) is 25.8. The van der Waals surface area contributed by atoms with Gasteiger partial charge in [0.1, 0.15) is 11.3 Å². The van der Waals surface area contributed by atoms with Crippen molar-refractivity contribution in [2.75, 3.05) is 18.1 Å². The van der Waals surface area contributed by atoms with Crippen molar-refractivity contribution in [3.05, 3.63) is 24.2 Å². The third-order valence-corrected chi connectivity index (χ3v) is 6.00. The molecule has 4 nitrogen and oxygen atoms in total. The minimum absolute atomic E-state index is 0.332. The molecule has 0 spiro atoms. The van der Waals surface area contributed by atoms with Crippen LogP contribution in [0.3, 0.4) is 0 Å². The van der Waals surface area contributed by atoms with Crippen LogP contribution in [0.4, 0.5) is 0 Å². The van der Waals surface area contributed by atoms with Crippen molar-refractivity contribution >= 4 is 22.9 Å². The van der Waals surface area contributed by atoms with E-state index in [1.807, 2.05) is 12.3 Å². The highest BCUT2D eigenvalue weighted by atomic mass is 32.2. The number of imidazole rings is 1. The van der Waals surface area contributed by atoms with Crippen molar-refractivity contribution in [2.45, 2.75) is 44.8 Å². The zero-order valence-corrected chi connectivity index (χ0v) is 13.7. The second kappa shape index (κ2) is 6.59. The summed E-state index contributed by atoms with van der Waals surface area (Å²) >= 11 is 2.09. The van der Waals surface area contributed by atoms with Gasteiger partial charge in [0.2, 0.25) is 0 Å². The first-order chi connectivity index (χ1) is 10.9. The summed E-state index contributed by atoms with van der Waals surface area (Å²) in [5, 5.41) is 0. The first kappa shape index (κ1) is 14.5. The first-order valence-electron chi connectivity index (χ1n) is 8.39. The first-order valence-corrected chi connectivity index (χ1v) is 9.55. The van der Waals surface area contributed by atoms with Gasteiger partial charge in [0, 0.05) is 19.2 Å². The predicted octanol–water partition coefficient (Wildman–Crippen LogP) is 3.30. The maximum atomic E-state index is 5.84. The van der Waals surface area contributed by atoms with Gasteiger partial charge in [-0.1, -0.05) is 0 Å². The number of ether oxygens (including phenoxy) is 1. The molecule has 0 bridgehead atoms. The SMILES string of the molecule is c1cnc2c(c1)nc(CC1CCCSC1)n2CC1CCCO1. The van der Waals surface area contributed by atoms with Gasteiger partial charge in [-0.05, 0) is 55.2 Å². The number of pyridine rings is 1. The van der Waals surface area contributed by atoms with E-state index in [0.29, 0.717) is 6.10 Å². The van der Waals surface area contributed by atoms with Gasteiger partial charge in [0.05, 0.1) is 12.6 Å². The molecule has 0 amide bonds. The number of thioether (sulfide) groups is 1. The quantitative estimate of drug-likeness (QED) is 0.867. The molecule has 2 aliphatic heterocycles. The number of rotatable bonds is 4. The molecule has 2 atom stereocenters. The molecule has 4 rings (SSSR count). The molecule has 2 aromatic rings. The van der Waals surface area contributed by atoms with Crippen LogP contribution in [0.5, 0.6) is 0 Å². The van der Waals surface area contributed by atoms with E-state index >= 15 is 0 Å². The van der Waals surface area contributed by atoms with Crippen LogP contribution in [-0.2, 0) is 17.7 Å². The summed E-state index contributed by atoms with van der Waals surface area (Å²) in [6.07, 6.45) is 8.30. The second-order valence-electron chi connectivity index (χ2n) is 6.41. The van der Waals surface area contributed by atoms with E-state index in [9.17, 15) is 0 Å². The molecular weight excluding hydrogens is 294 g/mol. The lowest BCUT2D eigenvalue weighted by molar-refractivity contribution is 0.0969. The summed E-state index contributed by atoms with van der Waals surface area (Å²) in [6, 6.07) is 4.06. The fourth-order valence-corrected chi connectivity index (χ4v) is 4.73. The van der Waals surface area contributed by atoms with Crippen LogP contribution in [0.1, 0.15) is 31.5 Å². The number of aromatic nitrogens is 3. The predicted molar refractivity (Wildman–Crippen MR) is 90.3 cm³/mol. The molecule has 118 valence electrons. The van der Waals surface area contributed by atoms with E-state index in [1.54, 1.807) is 0 Å². The Hall–Kier alpha value is -1.07. The van der Waals surface area contributed by atoms with Crippen LogP contribution >= 0.6 is 11.8 Å². The van der Waals surface area contributed by atoms with Crippen LogP contribution in [0.2, 0.25) is 0 Å². The van der Waals surface area contributed by atoms with Gasteiger partial charge in [-0.25, -0.2) is 9.97 Å². The minimum atomic E-state index is 0.332. The molecule has 2 saturated heterocycles. The van der Waals surface area contributed by atoms with Gasteiger partial charge >= 0.3 is 0 Å². The van der Waals surface area contributed by atoms with Crippen LogP contribution in [0, 0.1) is 5.92 Å². The van der Waals surface area contributed by atoms with Crippen molar-refractivity contribution in [3.63, 3.8) is 0 Å².